The minimum atomic E-state index is -3.82. The maximum atomic E-state index is 13.4. The van der Waals surface area contributed by atoms with Gasteiger partial charge in [-0.05, 0) is 44.0 Å². The van der Waals surface area contributed by atoms with Crippen molar-refractivity contribution in [2.45, 2.75) is 31.7 Å². The Balaban J connectivity index is 1.90. The Bertz CT molecular complexity index is 924. The van der Waals surface area contributed by atoms with E-state index in [4.69, 9.17) is 13.9 Å². The summed E-state index contributed by atoms with van der Waals surface area (Å²) in [6.07, 6.45) is 2.07. The van der Waals surface area contributed by atoms with E-state index in [1.165, 1.54) is 16.6 Å². The molecule has 0 unspecified atom stereocenters. The van der Waals surface area contributed by atoms with Gasteiger partial charge in [0.25, 0.3) is 5.91 Å². The highest BCUT2D eigenvalue weighted by Gasteiger charge is 2.29. The number of hydrogen-bond donors (Lipinski definition) is 1. The minimum absolute atomic E-state index is 0.121. The molecule has 1 aromatic heterocycles. The molecule has 1 aromatic carbocycles. The molecule has 28 heavy (non-hydrogen) atoms. The summed E-state index contributed by atoms with van der Waals surface area (Å²) >= 11 is 0. The molecule has 1 aliphatic rings. The fourth-order valence-corrected chi connectivity index (χ4v) is 4.65. The second kappa shape index (κ2) is 8.76. The number of carbonyl (C=O) groups is 1. The number of amides is 1. The summed E-state index contributed by atoms with van der Waals surface area (Å²) in [5, 5.41) is 2.69. The molecule has 2 aromatic rings. The van der Waals surface area contributed by atoms with Gasteiger partial charge in [-0.1, -0.05) is 0 Å². The molecule has 0 radical (unpaired) electrons. The standard InChI is InChI=1S/C19H24N2O6S/c1-3-25-8-5-7-21(12-15-6-4-9-26-15)28(23,24)18-11-17-16(10-14(18)2)20-19(22)13-27-17/h4,6,9-11H,3,5,7-8,12-13H2,1-2H3,(H,20,22). The Labute approximate surface area is 164 Å². The molecular formula is C19H24N2O6S. The van der Waals surface area contributed by atoms with Gasteiger partial charge in [0.05, 0.1) is 23.4 Å². The fourth-order valence-electron chi connectivity index (χ4n) is 2.98. The number of sulfonamides is 1. The van der Waals surface area contributed by atoms with Crippen LogP contribution < -0.4 is 10.1 Å². The molecule has 2 heterocycles. The van der Waals surface area contributed by atoms with Crippen LogP contribution >= 0.6 is 0 Å². The average Bonchev–Trinajstić information content (AvgIpc) is 3.16. The average molecular weight is 408 g/mol. The Morgan fingerprint density at radius 2 is 2.14 bits per heavy atom. The van der Waals surface area contributed by atoms with E-state index in [0.717, 1.165) is 0 Å². The van der Waals surface area contributed by atoms with Crippen LogP contribution in [0.25, 0.3) is 0 Å². The molecule has 152 valence electrons. The molecule has 0 saturated heterocycles. The molecule has 3 rings (SSSR count). The molecule has 1 amide bonds. The number of ether oxygens (including phenoxy) is 2. The number of nitrogens with zero attached hydrogens (tertiary/aromatic N) is 1. The number of benzene rings is 1. The van der Waals surface area contributed by atoms with E-state index in [1.807, 2.05) is 6.92 Å². The molecular weight excluding hydrogens is 384 g/mol. The summed E-state index contributed by atoms with van der Waals surface area (Å²) < 4.78 is 44.2. The van der Waals surface area contributed by atoms with E-state index < -0.39 is 10.0 Å². The van der Waals surface area contributed by atoms with Gasteiger partial charge >= 0.3 is 0 Å². The number of furan rings is 1. The molecule has 8 nitrogen and oxygen atoms in total. The molecule has 0 bridgehead atoms. The first kappa shape index (κ1) is 20.4. The van der Waals surface area contributed by atoms with Crippen molar-refractivity contribution in [3.63, 3.8) is 0 Å². The van der Waals surface area contributed by atoms with E-state index in [9.17, 15) is 13.2 Å². The molecule has 0 fully saturated rings. The Morgan fingerprint density at radius 3 is 2.86 bits per heavy atom. The van der Waals surface area contributed by atoms with Gasteiger partial charge in [0.2, 0.25) is 10.0 Å². The van der Waals surface area contributed by atoms with Crippen molar-refractivity contribution in [3.05, 3.63) is 41.9 Å². The predicted octanol–water partition coefficient (Wildman–Crippen LogP) is 2.54. The highest BCUT2D eigenvalue weighted by Crippen LogP contribution is 2.34. The first-order valence-corrected chi connectivity index (χ1v) is 10.5. The second-order valence-electron chi connectivity index (χ2n) is 6.42. The summed E-state index contributed by atoms with van der Waals surface area (Å²) in [6.45, 7) is 4.91. The second-order valence-corrected chi connectivity index (χ2v) is 8.33. The summed E-state index contributed by atoms with van der Waals surface area (Å²) in [7, 11) is -3.82. The lowest BCUT2D eigenvalue weighted by Crippen LogP contribution is -2.33. The van der Waals surface area contributed by atoms with Crippen LogP contribution in [0.4, 0.5) is 5.69 Å². The summed E-state index contributed by atoms with van der Waals surface area (Å²) in [6, 6.07) is 6.55. The van der Waals surface area contributed by atoms with Crippen LogP contribution in [-0.2, 0) is 26.1 Å². The number of rotatable bonds is 9. The normalized spacial score (nSPS) is 13.9. The zero-order valence-electron chi connectivity index (χ0n) is 15.9. The van der Waals surface area contributed by atoms with Crippen molar-refractivity contribution >= 4 is 21.6 Å². The van der Waals surface area contributed by atoms with Crippen LogP contribution in [0.5, 0.6) is 5.75 Å². The van der Waals surface area contributed by atoms with Crippen LogP contribution in [-0.4, -0.2) is 45.0 Å². The fraction of sp³-hybridized carbons (Fsp3) is 0.421. The van der Waals surface area contributed by atoms with Crippen LogP contribution in [0.1, 0.15) is 24.7 Å². The maximum absolute atomic E-state index is 13.4. The third kappa shape index (κ3) is 4.54. The first-order chi connectivity index (χ1) is 13.4. The van der Waals surface area contributed by atoms with Crippen molar-refractivity contribution in [1.82, 2.24) is 4.31 Å². The predicted molar refractivity (Wildman–Crippen MR) is 103 cm³/mol. The maximum Gasteiger partial charge on any atom is 0.262 e. The molecule has 0 aliphatic carbocycles. The van der Waals surface area contributed by atoms with Gasteiger partial charge in [0.15, 0.2) is 6.61 Å². The summed E-state index contributed by atoms with van der Waals surface area (Å²) in [5.41, 5.74) is 1.00. The van der Waals surface area contributed by atoms with E-state index in [-0.39, 0.29) is 30.5 Å². The number of carbonyl (C=O) groups excluding carboxylic acids is 1. The Kier molecular flexibility index (Phi) is 6.38. The zero-order chi connectivity index (χ0) is 20.1. The van der Waals surface area contributed by atoms with Crippen molar-refractivity contribution in [3.8, 4) is 5.75 Å². The van der Waals surface area contributed by atoms with E-state index in [1.54, 1.807) is 25.1 Å². The van der Waals surface area contributed by atoms with Gasteiger partial charge in [0.1, 0.15) is 11.5 Å². The monoisotopic (exact) mass is 408 g/mol. The van der Waals surface area contributed by atoms with Crippen LogP contribution in [0, 0.1) is 6.92 Å². The van der Waals surface area contributed by atoms with Gasteiger partial charge in [0, 0.05) is 25.8 Å². The first-order valence-electron chi connectivity index (χ1n) is 9.09. The number of hydrogen-bond acceptors (Lipinski definition) is 6. The SMILES string of the molecule is CCOCCCN(Cc1ccco1)S(=O)(=O)c1cc2c(cc1C)NC(=O)CO2. The van der Waals surface area contributed by atoms with Gasteiger partial charge in [-0.25, -0.2) is 8.42 Å². The van der Waals surface area contributed by atoms with E-state index >= 15 is 0 Å². The summed E-state index contributed by atoms with van der Waals surface area (Å²) in [4.78, 5) is 11.6. The number of anilines is 1. The highest BCUT2D eigenvalue weighted by atomic mass is 32.2. The van der Waals surface area contributed by atoms with E-state index in [0.29, 0.717) is 42.4 Å². The van der Waals surface area contributed by atoms with Crippen molar-refractivity contribution in [1.29, 1.82) is 0 Å². The molecule has 1 aliphatic heterocycles. The van der Waals surface area contributed by atoms with Crippen molar-refractivity contribution in [2.75, 3.05) is 31.7 Å². The lowest BCUT2D eigenvalue weighted by molar-refractivity contribution is -0.118. The van der Waals surface area contributed by atoms with Crippen LogP contribution in [0.3, 0.4) is 0 Å². The molecule has 0 saturated carbocycles. The van der Waals surface area contributed by atoms with Crippen molar-refractivity contribution < 1.29 is 27.1 Å². The van der Waals surface area contributed by atoms with Gasteiger partial charge in [-0.3, -0.25) is 4.79 Å². The lowest BCUT2D eigenvalue weighted by atomic mass is 10.2. The highest BCUT2D eigenvalue weighted by molar-refractivity contribution is 7.89. The number of aryl methyl sites for hydroxylation is 1. The minimum Gasteiger partial charge on any atom is -0.482 e. The zero-order valence-corrected chi connectivity index (χ0v) is 16.8. The van der Waals surface area contributed by atoms with Gasteiger partial charge in [-0.15, -0.1) is 0 Å². The third-order valence-electron chi connectivity index (χ3n) is 4.34. The quantitative estimate of drug-likeness (QED) is 0.641. The number of fused-ring (bicyclic) bond motifs is 1. The van der Waals surface area contributed by atoms with Gasteiger partial charge < -0.3 is 19.2 Å². The lowest BCUT2D eigenvalue weighted by Gasteiger charge is -2.24. The molecule has 9 heteroatoms. The third-order valence-corrected chi connectivity index (χ3v) is 6.33. The van der Waals surface area contributed by atoms with Crippen molar-refractivity contribution in [2.24, 2.45) is 0 Å². The summed E-state index contributed by atoms with van der Waals surface area (Å²) in [5.74, 6) is 0.632. The number of nitrogens with one attached hydrogen (secondary N) is 1. The largest absolute Gasteiger partial charge is 0.482 e. The topological polar surface area (TPSA) is 98.1 Å². The van der Waals surface area contributed by atoms with Gasteiger partial charge in [-0.2, -0.15) is 4.31 Å². The molecule has 0 atom stereocenters. The molecule has 1 N–H and O–H groups in total. The Hall–Kier alpha value is -2.36. The smallest absolute Gasteiger partial charge is 0.262 e. The van der Waals surface area contributed by atoms with Crippen LogP contribution in [0.15, 0.2) is 39.8 Å². The Morgan fingerprint density at radius 1 is 1.32 bits per heavy atom. The van der Waals surface area contributed by atoms with Crippen LogP contribution in [0.2, 0.25) is 0 Å². The molecule has 0 spiro atoms. The van der Waals surface area contributed by atoms with E-state index in [2.05, 4.69) is 5.32 Å².